The first-order valence-electron chi connectivity index (χ1n) is 5.24. The van der Waals surface area contributed by atoms with Gasteiger partial charge in [0.05, 0.1) is 29.7 Å². The molecular weight excluding hydrogens is 206 g/mol. The van der Waals surface area contributed by atoms with Gasteiger partial charge in [0, 0.05) is 6.54 Å². The average Bonchev–Trinajstić information content (AvgIpc) is 2.56. The van der Waals surface area contributed by atoms with Crippen molar-refractivity contribution in [3.05, 3.63) is 34.2 Å². The molecule has 1 aromatic heterocycles. The zero-order valence-electron chi connectivity index (χ0n) is 8.75. The first-order chi connectivity index (χ1) is 7.73. The smallest absolute Gasteiger partial charge is 0.323 e. The average molecular weight is 219 g/mol. The van der Waals surface area contributed by atoms with E-state index in [4.69, 9.17) is 10.5 Å². The highest BCUT2D eigenvalue weighted by Crippen LogP contribution is 2.32. The van der Waals surface area contributed by atoms with E-state index in [0.717, 1.165) is 16.6 Å². The van der Waals surface area contributed by atoms with E-state index in [1.807, 2.05) is 18.2 Å². The molecule has 1 aromatic carbocycles. The minimum atomic E-state index is -0.182. The summed E-state index contributed by atoms with van der Waals surface area (Å²) < 4.78 is 5.24. The minimum Gasteiger partial charge on any atom is -0.379 e. The fraction of sp³-hybridized carbons (Fsp3) is 0.364. The number of H-pyrrole nitrogens is 2. The van der Waals surface area contributed by atoms with Gasteiger partial charge in [-0.1, -0.05) is 6.07 Å². The Kier molecular flexibility index (Phi) is 1.92. The zero-order valence-corrected chi connectivity index (χ0v) is 8.75. The number of rotatable bonds is 2. The number of nitrogens with two attached hydrogens (primary N) is 1. The van der Waals surface area contributed by atoms with Crippen molar-refractivity contribution in [2.24, 2.45) is 5.73 Å². The summed E-state index contributed by atoms with van der Waals surface area (Å²) in [5, 5.41) is 0. The first kappa shape index (κ1) is 9.62. The van der Waals surface area contributed by atoms with Crippen LogP contribution in [0.3, 0.4) is 0 Å². The molecule has 84 valence electrons. The van der Waals surface area contributed by atoms with Crippen LogP contribution in [-0.2, 0) is 10.2 Å². The van der Waals surface area contributed by atoms with Crippen molar-refractivity contribution < 1.29 is 4.74 Å². The Morgan fingerprint density at radius 2 is 2.06 bits per heavy atom. The van der Waals surface area contributed by atoms with Crippen LogP contribution in [0.25, 0.3) is 11.0 Å². The molecule has 0 amide bonds. The normalized spacial score (nSPS) is 18.6. The summed E-state index contributed by atoms with van der Waals surface area (Å²) in [4.78, 5) is 16.6. The summed E-state index contributed by atoms with van der Waals surface area (Å²) >= 11 is 0. The molecule has 5 nitrogen and oxygen atoms in total. The van der Waals surface area contributed by atoms with Crippen molar-refractivity contribution in [3.8, 4) is 0 Å². The molecule has 0 atom stereocenters. The number of hydrogen-bond donors (Lipinski definition) is 3. The van der Waals surface area contributed by atoms with Crippen LogP contribution >= 0.6 is 0 Å². The lowest BCUT2D eigenvalue weighted by atomic mass is 9.78. The SMILES string of the molecule is NCC1(c2ccc3[nH]c(=O)[nH]c3c2)COC1. The van der Waals surface area contributed by atoms with Crippen molar-refractivity contribution in [2.75, 3.05) is 19.8 Å². The largest absolute Gasteiger partial charge is 0.379 e. The maximum Gasteiger partial charge on any atom is 0.323 e. The number of hydrogen-bond acceptors (Lipinski definition) is 3. The molecule has 0 spiro atoms. The highest BCUT2D eigenvalue weighted by Gasteiger charge is 2.39. The molecule has 16 heavy (non-hydrogen) atoms. The summed E-state index contributed by atoms with van der Waals surface area (Å²) in [6.07, 6.45) is 0. The third-order valence-corrected chi connectivity index (χ3v) is 3.28. The van der Waals surface area contributed by atoms with Crippen LogP contribution in [0.4, 0.5) is 0 Å². The summed E-state index contributed by atoms with van der Waals surface area (Å²) in [6.45, 7) is 1.88. The van der Waals surface area contributed by atoms with Crippen molar-refractivity contribution >= 4 is 11.0 Å². The lowest BCUT2D eigenvalue weighted by Gasteiger charge is -2.41. The molecule has 0 unspecified atom stereocenters. The molecule has 4 N–H and O–H groups in total. The Morgan fingerprint density at radius 3 is 2.69 bits per heavy atom. The van der Waals surface area contributed by atoms with E-state index < -0.39 is 0 Å². The molecule has 1 aliphatic rings. The van der Waals surface area contributed by atoms with Gasteiger partial charge in [-0.2, -0.15) is 0 Å². The fourth-order valence-electron chi connectivity index (χ4n) is 2.11. The van der Waals surface area contributed by atoms with Crippen LogP contribution in [0.15, 0.2) is 23.0 Å². The molecule has 5 heteroatoms. The molecule has 0 aliphatic carbocycles. The lowest BCUT2D eigenvalue weighted by Crippen LogP contribution is -2.52. The Labute approximate surface area is 91.6 Å². The second kappa shape index (κ2) is 3.20. The summed E-state index contributed by atoms with van der Waals surface area (Å²) in [6, 6.07) is 5.88. The Hall–Kier alpha value is -1.59. The summed E-state index contributed by atoms with van der Waals surface area (Å²) in [7, 11) is 0. The van der Waals surface area contributed by atoms with Gasteiger partial charge in [0.15, 0.2) is 0 Å². The monoisotopic (exact) mass is 219 g/mol. The van der Waals surface area contributed by atoms with Crippen molar-refractivity contribution in [1.82, 2.24) is 9.97 Å². The predicted molar refractivity (Wildman–Crippen MR) is 60.5 cm³/mol. The number of ether oxygens (including phenoxy) is 1. The number of fused-ring (bicyclic) bond motifs is 1. The maximum atomic E-state index is 11.1. The molecule has 1 aliphatic heterocycles. The van der Waals surface area contributed by atoms with Gasteiger partial charge in [-0.05, 0) is 17.7 Å². The van der Waals surface area contributed by atoms with E-state index in [1.165, 1.54) is 0 Å². The number of aromatic amines is 2. The van der Waals surface area contributed by atoms with Crippen molar-refractivity contribution in [2.45, 2.75) is 5.41 Å². The third-order valence-electron chi connectivity index (χ3n) is 3.28. The summed E-state index contributed by atoms with van der Waals surface area (Å²) in [5.74, 6) is 0. The van der Waals surface area contributed by atoms with Crippen LogP contribution in [-0.4, -0.2) is 29.7 Å². The van der Waals surface area contributed by atoms with Gasteiger partial charge in [0.25, 0.3) is 0 Å². The van der Waals surface area contributed by atoms with Crippen LogP contribution in [0.5, 0.6) is 0 Å². The molecule has 2 heterocycles. The van der Waals surface area contributed by atoms with E-state index in [-0.39, 0.29) is 11.1 Å². The second-order valence-corrected chi connectivity index (χ2v) is 4.32. The first-order valence-corrected chi connectivity index (χ1v) is 5.24. The highest BCUT2D eigenvalue weighted by molar-refractivity contribution is 5.75. The molecular formula is C11H13N3O2. The van der Waals surface area contributed by atoms with Gasteiger partial charge in [0.1, 0.15) is 0 Å². The Bertz CT molecular complexity index is 575. The lowest BCUT2D eigenvalue weighted by molar-refractivity contribution is -0.0549. The molecule has 1 fully saturated rings. The third kappa shape index (κ3) is 1.22. The predicted octanol–water partition coefficient (Wildman–Crippen LogP) is 0.0829. The van der Waals surface area contributed by atoms with E-state index in [9.17, 15) is 4.79 Å². The van der Waals surface area contributed by atoms with E-state index in [0.29, 0.717) is 19.8 Å². The topological polar surface area (TPSA) is 83.9 Å². The van der Waals surface area contributed by atoms with Gasteiger partial charge < -0.3 is 20.4 Å². The minimum absolute atomic E-state index is 0.0671. The molecule has 0 radical (unpaired) electrons. The van der Waals surface area contributed by atoms with Crippen molar-refractivity contribution in [3.63, 3.8) is 0 Å². The van der Waals surface area contributed by atoms with Crippen LogP contribution in [0.1, 0.15) is 5.56 Å². The number of imidazole rings is 1. The number of nitrogens with one attached hydrogen (secondary N) is 2. The fourth-order valence-corrected chi connectivity index (χ4v) is 2.11. The van der Waals surface area contributed by atoms with Crippen LogP contribution in [0.2, 0.25) is 0 Å². The van der Waals surface area contributed by atoms with Gasteiger partial charge in [0.2, 0.25) is 0 Å². The van der Waals surface area contributed by atoms with Crippen LogP contribution in [0, 0.1) is 0 Å². The second-order valence-electron chi connectivity index (χ2n) is 4.32. The van der Waals surface area contributed by atoms with Gasteiger partial charge >= 0.3 is 5.69 Å². The molecule has 0 bridgehead atoms. The Morgan fingerprint density at radius 1 is 1.31 bits per heavy atom. The molecule has 2 aromatic rings. The van der Waals surface area contributed by atoms with E-state index in [2.05, 4.69) is 9.97 Å². The Balaban J connectivity index is 2.14. The van der Waals surface area contributed by atoms with Crippen LogP contribution < -0.4 is 11.4 Å². The van der Waals surface area contributed by atoms with Gasteiger partial charge in [-0.15, -0.1) is 0 Å². The van der Waals surface area contributed by atoms with Crippen molar-refractivity contribution in [1.29, 1.82) is 0 Å². The quantitative estimate of drug-likeness (QED) is 0.669. The molecule has 3 rings (SSSR count). The highest BCUT2D eigenvalue weighted by atomic mass is 16.5. The summed E-state index contributed by atoms with van der Waals surface area (Å²) in [5.41, 5.74) is 8.31. The standard InChI is InChI=1S/C11H13N3O2/c12-4-11(5-16-6-11)7-1-2-8-9(3-7)14-10(15)13-8/h1-3H,4-6,12H2,(H2,13,14,15). The van der Waals surface area contributed by atoms with Gasteiger partial charge in [-0.3, -0.25) is 0 Å². The van der Waals surface area contributed by atoms with E-state index >= 15 is 0 Å². The maximum absolute atomic E-state index is 11.1. The number of aromatic nitrogens is 2. The number of benzene rings is 1. The van der Waals surface area contributed by atoms with E-state index in [1.54, 1.807) is 0 Å². The molecule has 1 saturated heterocycles. The van der Waals surface area contributed by atoms with Gasteiger partial charge in [-0.25, -0.2) is 4.79 Å². The zero-order chi connectivity index (χ0) is 11.2. The molecule has 0 saturated carbocycles.